The van der Waals surface area contributed by atoms with Gasteiger partial charge in [-0.15, -0.1) is 0 Å². The number of hydrogen-bond acceptors (Lipinski definition) is 1. The largest absolute Gasteiger partial charge is 0.392 e. The molecule has 0 heterocycles. The minimum atomic E-state index is 0.188. The molecule has 0 radical (unpaired) electrons. The average molecular weight is 194 g/mol. The van der Waals surface area contributed by atoms with Gasteiger partial charge in [-0.2, -0.15) is 0 Å². The van der Waals surface area contributed by atoms with E-state index in [1.807, 2.05) is 6.08 Å². The van der Waals surface area contributed by atoms with Gasteiger partial charge in [-0.3, -0.25) is 0 Å². The zero-order valence-electron chi connectivity index (χ0n) is 9.64. The molecule has 2 rings (SSSR count). The fourth-order valence-corrected chi connectivity index (χ4v) is 3.82. The number of hydrogen-bond donors (Lipinski definition) is 1. The summed E-state index contributed by atoms with van der Waals surface area (Å²) in [6.07, 6.45) is 9.64. The zero-order chi connectivity index (χ0) is 10.4. The van der Waals surface area contributed by atoms with E-state index in [9.17, 15) is 0 Å². The van der Waals surface area contributed by atoms with Gasteiger partial charge in [0, 0.05) is 0 Å². The van der Waals surface area contributed by atoms with E-state index in [-0.39, 0.29) is 6.61 Å². The third-order valence-corrected chi connectivity index (χ3v) is 4.87. The van der Waals surface area contributed by atoms with Crippen LogP contribution in [0.5, 0.6) is 0 Å². The second kappa shape index (κ2) is 2.85. The van der Waals surface area contributed by atoms with Gasteiger partial charge >= 0.3 is 0 Å². The minimum absolute atomic E-state index is 0.188. The van der Waals surface area contributed by atoms with Crippen molar-refractivity contribution in [3.8, 4) is 0 Å². The molecule has 1 nitrogen and oxygen atoms in total. The Kier molecular flexibility index (Phi) is 2.08. The minimum Gasteiger partial charge on any atom is -0.392 e. The van der Waals surface area contributed by atoms with Gasteiger partial charge in [0.2, 0.25) is 0 Å². The maximum atomic E-state index is 8.90. The molecule has 2 saturated carbocycles. The first-order valence-corrected chi connectivity index (χ1v) is 5.76. The molecular weight excluding hydrogens is 172 g/mol. The van der Waals surface area contributed by atoms with Crippen LogP contribution in [0.15, 0.2) is 12.2 Å². The average Bonchev–Trinajstić information content (AvgIpc) is 2.70. The zero-order valence-corrected chi connectivity index (χ0v) is 9.64. The van der Waals surface area contributed by atoms with Crippen molar-refractivity contribution < 1.29 is 5.11 Å². The summed E-state index contributed by atoms with van der Waals surface area (Å²) in [7, 11) is 0. The van der Waals surface area contributed by atoms with Crippen LogP contribution >= 0.6 is 0 Å². The molecule has 2 atom stereocenters. The normalized spacial score (nSPS) is 45.1. The smallest absolute Gasteiger partial charge is 0.0612 e. The van der Waals surface area contributed by atoms with Gasteiger partial charge in [0.05, 0.1) is 6.61 Å². The summed E-state index contributed by atoms with van der Waals surface area (Å²) < 4.78 is 0. The molecule has 0 unspecified atom stereocenters. The number of aliphatic hydroxyl groups excluding tert-OH is 1. The summed E-state index contributed by atoms with van der Waals surface area (Å²) in [5, 5.41) is 8.90. The first kappa shape index (κ1) is 10.2. The lowest BCUT2D eigenvalue weighted by molar-refractivity contribution is 0.118. The van der Waals surface area contributed by atoms with Crippen LogP contribution in [-0.2, 0) is 0 Å². The number of aliphatic hydroxyl groups is 1. The highest BCUT2D eigenvalue weighted by atomic mass is 16.2. The molecular formula is C13H22O. The van der Waals surface area contributed by atoms with Crippen LogP contribution < -0.4 is 0 Å². The van der Waals surface area contributed by atoms with Crippen LogP contribution in [0.4, 0.5) is 0 Å². The quantitative estimate of drug-likeness (QED) is 0.670. The molecule has 0 saturated heterocycles. The Morgan fingerprint density at radius 2 is 1.93 bits per heavy atom. The lowest BCUT2D eigenvalue weighted by Gasteiger charge is -2.41. The Hall–Kier alpha value is -0.300. The van der Waals surface area contributed by atoms with Crippen molar-refractivity contribution in [3.05, 3.63) is 12.2 Å². The lowest BCUT2D eigenvalue weighted by atomic mass is 9.63. The van der Waals surface area contributed by atoms with E-state index in [2.05, 4.69) is 26.8 Å². The third-order valence-electron chi connectivity index (χ3n) is 4.87. The fourth-order valence-electron chi connectivity index (χ4n) is 3.82. The Bertz CT molecular complexity index is 266. The monoisotopic (exact) mass is 194 g/mol. The summed E-state index contributed by atoms with van der Waals surface area (Å²) >= 11 is 0. The molecule has 2 aliphatic rings. The maximum absolute atomic E-state index is 8.90. The number of allylic oxidation sites excluding steroid dienone is 1. The molecule has 0 amide bonds. The van der Waals surface area contributed by atoms with Gasteiger partial charge in [0.1, 0.15) is 0 Å². The van der Waals surface area contributed by atoms with Crippen LogP contribution in [0.2, 0.25) is 0 Å². The predicted octanol–water partition coefficient (Wildman–Crippen LogP) is 3.14. The third kappa shape index (κ3) is 1.11. The van der Waals surface area contributed by atoms with Gasteiger partial charge < -0.3 is 5.11 Å². The summed E-state index contributed by atoms with van der Waals surface area (Å²) in [6, 6.07) is 0. The summed E-state index contributed by atoms with van der Waals surface area (Å²) in [4.78, 5) is 0. The molecule has 0 aromatic heterocycles. The van der Waals surface area contributed by atoms with Gasteiger partial charge in [-0.1, -0.05) is 39.3 Å². The number of fused-ring (bicyclic) bond motifs is 1. The van der Waals surface area contributed by atoms with Crippen LogP contribution in [0.25, 0.3) is 0 Å². The van der Waals surface area contributed by atoms with E-state index in [0.717, 1.165) is 0 Å². The van der Waals surface area contributed by atoms with E-state index in [4.69, 9.17) is 5.11 Å². The molecule has 2 fully saturated rings. The summed E-state index contributed by atoms with van der Waals surface area (Å²) in [5.41, 5.74) is 1.34. The summed E-state index contributed by atoms with van der Waals surface area (Å²) in [5.74, 6) is 0. The van der Waals surface area contributed by atoms with Crippen molar-refractivity contribution in [2.24, 2.45) is 16.2 Å². The molecule has 0 aliphatic heterocycles. The van der Waals surface area contributed by atoms with Crippen molar-refractivity contribution in [1.29, 1.82) is 0 Å². The second-order valence-corrected chi connectivity index (χ2v) is 6.03. The van der Waals surface area contributed by atoms with Crippen molar-refractivity contribution in [2.75, 3.05) is 6.61 Å². The molecule has 0 spiro atoms. The topological polar surface area (TPSA) is 20.2 Å². The van der Waals surface area contributed by atoms with Gasteiger partial charge in [0.15, 0.2) is 0 Å². The van der Waals surface area contributed by atoms with E-state index < -0.39 is 0 Å². The van der Waals surface area contributed by atoms with E-state index in [1.165, 1.54) is 25.7 Å². The Morgan fingerprint density at radius 1 is 1.21 bits per heavy atom. The molecule has 0 aromatic rings. The summed E-state index contributed by atoms with van der Waals surface area (Å²) in [6.45, 7) is 7.38. The highest BCUT2D eigenvalue weighted by molar-refractivity contribution is 5.28. The highest BCUT2D eigenvalue weighted by Crippen LogP contribution is 2.78. The van der Waals surface area contributed by atoms with Crippen molar-refractivity contribution >= 4 is 0 Å². The lowest BCUT2D eigenvalue weighted by Crippen LogP contribution is -2.32. The van der Waals surface area contributed by atoms with E-state index in [1.54, 1.807) is 0 Å². The van der Waals surface area contributed by atoms with Gasteiger partial charge in [0.25, 0.3) is 0 Å². The highest BCUT2D eigenvalue weighted by Gasteiger charge is 2.69. The molecule has 0 aromatic carbocycles. The maximum Gasteiger partial charge on any atom is 0.0612 e. The molecule has 14 heavy (non-hydrogen) atoms. The molecule has 0 bridgehead atoms. The number of rotatable bonds is 2. The fraction of sp³-hybridized carbons (Fsp3) is 0.846. The van der Waals surface area contributed by atoms with Crippen molar-refractivity contribution in [3.63, 3.8) is 0 Å². The molecule has 2 aliphatic carbocycles. The van der Waals surface area contributed by atoms with Crippen LogP contribution in [0.1, 0.15) is 46.5 Å². The standard InChI is InChI=1S/C13H22O/c1-11(2)6-4-7-12(3)10-13(11,12)8-5-9-14/h5,8,14H,4,6-7,9-10H2,1-3H3/b8-5+/t12-,13+/m0/s1. The van der Waals surface area contributed by atoms with E-state index in [0.29, 0.717) is 16.2 Å². The SMILES string of the molecule is CC1(C)CCC[C@@]2(C)C[C@]12/C=C/CO. The van der Waals surface area contributed by atoms with Crippen molar-refractivity contribution in [2.45, 2.75) is 46.5 Å². The second-order valence-electron chi connectivity index (χ2n) is 6.03. The first-order valence-electron chi connectivity index (χ1n) is 5.76. The molecule has 1 heteroatoms. The van der Waals surface area contributed by atoms with Gasteiger partial charge in [-0.25, -0.2) is 0 Å². The Balaban J connectivity index is 2.28. The molecule has 80 valence electrons. The predicted molar refractivity (Wildman–Crippen MR) is 59.0 cm³/mol. The Morgan fingerprint density at radius 3 is 2.50 bits per heavy atom. The van der Waals surface area contributed by atoms with E-state index >= 15 is 0 Å². The first-order chi connectivity index (χ1) is 6.47. The van der Waals surface area contributed by atoms with Crippen LogP contribution in [0.3, 0.4) is 0 Å². The molecule has 1 N–H and O–H groups in total. The van der Waals surface area contributed by atoms with Crippen LogP contribution in [0, 0.1) is 16.2 Å². The Labute approximate surface area is 87.2 Å². The van der Waals surface area contributed by atoms with Crippen LogP contribution in [-0.4, -0.2) is 11.7 Å². The van der Waals surface area contributed by atoms with Crippen molar-refractivity contribution in [1.82, 2.24) is 0 Å². The van der Waals surface area contributed by atoms with Gasteiger partial charge in [-0.05, 0) is 35.5 Å².